The van der Waals surface area contributed by atoms with Crippen LogP contribution < -0.4 is 5.32 Å². The third-order valence-corrected chi connectivity index (χ3v) is 2.30. The second-order valence-electron chi connectivity index (χ2n) is 3.32. The molecule has 0 saturated carbocycles. The van der Waals surface area contributed by atoms with Gasteiger partial charge in [0.25, 0.3) is 0 Å². The number of aromatic nitrogens is 3. The Morgan fingerprint density at radius 1 is 1.38 bits per heavy atom. The second-order valence-corrected chi connectivity index (χ2v) is 3.32. The summed E-state index contributed by atoms with van der Waals surface area (Å²) in [5.74, 6) is 0.399. The molecule has 0 aliphatic carbocycles. The van der Waals surface area contributed by atoms with Crippen LogP contribution in [0.2, 0.25) is 0 Å². The fraction of sp³-hybridized carbons (Fsp3) is 0.200. The zero-order valence-corrected chi connectivity index (χ0v) is 8.90. The second kappa shape index (κ2) is 3.80. The van der Waals surface area contributed by atoms with Crippen molar-refractivity contribution in [1.29, 1.82) is 0 Å². The fourth-order valence-corrected chi connectivity index (χ4v) is 1.48. The van der Waals surface area contributed by atoms with Crippen LogP contribution in [0.5, 0.6) is 5.75 Å². The summed E-state index contributed by atoms with van der Waals surface area (Å²) in [7, 11) is 3.47. The number of phenols is 1. The van der Waals surface area contributed by atoms with Crippen molar-refractivity contribution in [1.82, 2.24) is 14.8 Å². The number of aromatic hydroxyl groups is 1. The molecule has 0 aliphatic heterocycles. The predicted octanol–water partition coefficient (Wildman–Crippen LogP) is 1.37. The van der Waals surface area contributed by atoms with Gasteiger partial charge in [0, 0.05) is 20.2 Å². The van der Waals surface area contributed by atoms with E-state index in [1.807, 2.05) is 0 Å². The third kappa shape index (κ3) is 1.58. The Hall–Kier alpha value is -2.11. The lowest BCUT2D eigenvalue weighted by Crippen LogP contribution is -1.99. The molecule has 84 valence electrons. The Bertz CT molecular complexity index is 524. The highest BCUT2D eigenvalue weighted by molar-refractivity contribution is 5.64. The van der Waals surface area contributed by atoms with Crippen LogP contribution in [0.15, 0.2) is 18.2 Å². The van der Waals surface area contributed by atoms with Crippen molar-refractivity contribution in [3.05, 3.63) is 24.0 Å². The summed E-state index contributed by atoms with van der Waals surface area (Å²) in [6.45, 7) is 0. The van der Waals surface area contributed by atoms with Gasteiger partial charge in [0.1, 0.15) is 11.6 Å². The van der Waals surface area contributed by atoms with Crippen molar-refractivity contribution in [2.75, 3.05) is 12.4 Å². The quantitative estimate of drug-likeness (QED) is 0.805. The van der Waals surface area contributed by atoms with E-state index in [0.29, 0.717) is 17.3 Å². The normalized spacial score (nSPS) is 10.4. The number of hydrogen-bond acceptors (Lipinski definition) is 4. The first-order valence-electron chi connectivity index (χ1n) is 4.69. The highest BCUT2D eigenvalue weighted by atomic mass is 19.1. The predicted molar refractivity (Wildman–Crippen MR) is 57.6 cm³/mol. The number of nitrogens with zero attached hydrogens (tertiary/aromatic N) is 3. The molecule has 0 radical (unpaired) electrons. The van der Waals surface area contributed by atoms with E-state index >= 15 is 0 Å². The molecule has 2 aromatic rings. The molecule has 0 fully saturated rings. The van der Waals surface area contributed by atoms with Gasteiger partial charge in [-0.1, -0.05) is 0 Å². The van der Waals surface area contributed by atoms with Crippen molar-refractivity contribution < 1.29 is 9.50 Å². The first-order chi connectivity index (χ1) is 7.63. The molecule has 5 nitrogen and oxygen atoms in total. The molecule has 0 bridgehead atoms. The molecule has 2 N–H and O–H groups in total. The molecule has 0 atom stereocenters. The number of halogens is 1. The summed E-state index contributed by atoms with van der Waals surface area (Å²) in [6.07, 6.45) is 0. The summed E-state index contributed by atoms with van der Waals surface area (Å²) >= 11 is 0. The molecule has 0 amide bonds. The zero-order chi connectivity index (χ0) is 11.7. The van der Waals surface area contributed by atoms with E-state index < -0.39 is 5.82 Å². The van der Waals surface area contributed by atoms with Crippen LogP contribution >= 0.6 is 0 Å². The van der Waals surface area contributed by atoms with E-state index in [0.717, 1.165) is 6.07 Å². The van der Waals surface area contributed by atoms with Crippen molar-refractivity contribution in [3.63, 3.8) is 0 Å². The zero-order valence-electron chi connectivity index (χ0n) is 8.90. The molecule has 0 unspecified atom stereocenters. The number of phenolic OH excluding ortho intramolecular Hbond substituents is 1. The smallest absolute Gasteiger partial charge is 0.224 e. The molecule has 0 aliphatic rings. The van der Waals surface area contributed by atoms with E-state index in [1.165, 1.54) is 12.1 Å². The number of anilines is 1. The molecule has 2 rings (SSSR count). The lowest BCUT2D eigenvalue weighted by atomic mass is 10.2. The summed E-state index contributed by atoms with van der Waals surface area (Å²) in [6, 6.07) is 3.78. The van der Waals surface area contributed by atoms with Gasteiger partial charge in [-0.15, -0.1) is 10.2 Å². The minimum atomic E-state index is -0.489. The van der Waals surface area contributed by atoms with Crippen LogP contribution in [0.3, 0.4) is 0 Å². The summed E-state index contributed by atoms with van der Waals surface area (Å²) < 4.78 is 14.5. The van der Waals surface area contributed by atoms with Gasteiger partial charge in [0.05, 0.1) is 5.56 Å². The summed E-state index contributed by atoms with van der Waals surface area (Å²) in [5.41, 5.74) is 0.443. The van der Waals surface area contributed by atoms with Gasteiger partial charge >= 0.3 is 0 Å². The van der Waals surface area contributed by atoms with Crippen molar-refractivity contribution in [3.8, 4) is 17.1 Å². The minimum absolute atomic E-state index is 0.154. The van der Waals surface area contributed by atoms with E-state index in [9.17, 15) is 9.50 Å². The highest BCUT2D eigenvalue weighted by Gasteiger charge is 2.13. The Morgan fingerprint density at radius 2 is 2.12 bits per heavy atom. The number of hydrogen-bond donors (Lipinski definition) is 2. The highest BCUT2D eigenvalue weighted by Crippen LogP contribution is 2.28. The van der Waals surface area contributed by atoms with Crippen LogP contribution in [-0.4, -0.2) is 26.9 Å². The van der Waals surface area contributed by atoms with Crippen LogP contribution in [0.25, 0.3) is 11.4 Å². The number of rotatable bonds is 2. The van der Waals surface area contributed by atoms with Crippen molar-refractivity contribution in [2.45, 2.75) is 0 Å². The number of nitrogens with one attached hydrogen (secondary N) is 1. The maximum Gasteiger partial charge on any atom is 0.224 e. The average Bonchev–Trinajstić information content (AvgIpc) is 2.60. The fourth-order valence-electron chi connectivity index (χ4n) is 1.48. The molecule has 1 heterocycles. The molecule has 1 aromatic heterocycles. The van der Waals surface area contributed by atoms with E-state index in [4.69, 9.17) is 0 Å². The van der Waals surface area contributed by atoms with Crippen molar-refractivity contribution >= 4 is 5.95 Å². The molecule has 0 spiro atoms. The molecular formula is C10H11FN4O. The first-order valence-corrected chi connectivity index (χ1v) is 4.69. The van der Waals surface area contributed by atoms with Crippen molar-refractivity contribution in [2.24, 2.45) is 7.05 Å². The van der Waals surface area contributed by atoms with Gasteiger partial charge in [-0.05, 0) is 12.1 Å². The topological polar surface area (TPSA) is 63.0 Å². The first kappa shape index (κ1) is 10.4. The third-order valence-electron chi connectivity index (χ3n) is 2.30. The molecule has 1 aromatic carbocycles. The van der Waals surface area contributed by atoms with Crippen LogP contribution in [0, 0.1) is 5.82 Å². The molecule has 0 saturated heterocycles. The lowest BCUT2D eigenvalue weighted by molar-refractivity contribution is 0.470. The van der Waals surface area contributed by atoms with E-state index in [-0.39, 0.29) is 5.75 Å². The lowest BCUT2D eigenvalue weighted by Gasteiger charge is -2.05. The molecule has 6 heteroatoms. The Labute approximate surface area is 91.6 Å². The SMILES string of the molecule is CNc1nnc(-c2ccc(F)cc2O)n1C. The van der Waals surface area contributed by atoms with E-state index in [2.05, 4.69) is 15.5 Å². The van der Waals surface area contributed by atoms with E-state index in [1.54, 1.807) is 18.7 Å². The summed E-state index contributed by atoms with van der Waals surface area (Å²) in [5, 5.41) is 20.2. The molecular weight excluding hydrogens is 211 g/mol. The monoisotopic (exact) mass is 222 g/mol. The molecule has 16 heavy (non-hydrogen) atoms. The van der Waals surface area contributed by atoms with Crippen LogP contribution in [-0.2, 0) is 7.05 Å². The Balaban J connectivity index is 2.54. The number of benzene rings is 1. The van der Waals surface area contributed by atoms with Gasteiger partial charge < -0.3 is 10.4 Å². The maximum absolute atomic E-state index is 12.8. The van der Waals surface area contributed by atoms with Crippen LogP contribution in [0.1, 0.15) is 0 Å². The maximum atomic E-state index is 12.8. The van der Waals surface area contributed by atoms with Gasteiger partial charge in [0.15, 0.2) is 5.82 Å². The standard InChI is InChI=1S/C10H11FN4O/c1-12-10-14-13-9(15(10)2)7-4-3-6(11)5-8(7)16/h3-5,16H,1-2H3,(H,12,14). The Kier molecular flexibility index (Phi) is 2.47. The average molecular weight is 222 g/mol. The largest absolute Gasteiger partial charge is 0.507 e. The minimum Gasteiger partial charge on any atom is -0.507 e. The van der Waals surface area contributed by atoms with Gasteiger partial charge in [-0.3, -0.25) is 4.57 Å². The Morgan fingerprint density at radius 3 is 2.69 bits per heavy atom. The van der Waals surface area contributed by atoms with Crippen LogP contribution in [0.4, 0.5) is 10.3 Å². The van der Waals surface area contributed by atoms with Gasteiger partial charge in [-0.25, -0.2) is 4.39 Å². The summed E-state index contributed by atoms with van der Waals surface area (Å²) in [4.78, 5) is 0. The van der Waals surface area contributed by atoms with Gasteiger partial charge in [0.2, 0.25) is 5.95 Å². The van der Waals surface area contributed by atoms with Gasteiger partial charge in [-0.2, -0.15) is 0 Å².